The number of hydrogen-bond donors (Lipinski definition) is 1. The average Bonchev–Trinajstić information content (AvgIpc) is 2.68. The quantitative estimate of drug-likeness (QED) is 0.736. The Bertz CT molecular complexity index is 928. The molecule has 1 aliphatic heterocycles. The fraction of sp³-hybridized carbons (Fsp3) is 0.400. The van der Waals surface area contributed by atoms with Crippen molar-refractivity contribution in [1.29, 1.82) is 0 Å². The van der Waals surface area contributed by atoms with E-state index in [1.54, 1.807) is 0 Å². The third kappa shape index (κ3) is 4.23. The molecule has 0 radical (unpaired) electrons. The van der Waals surface area contributed by atoms with E-state index in [0.717, 1.165) is 48.4 Å². The smallest absolute Gasteiger partial charge is 0.337 e. The van der Waals surface area contributed by atoms with Gasteiger partial charge in [0, 0.05) is 19.3 Å². The van der Waals surface area contributed by atoms with Crippen molar-refractivity contribution in [1.82, 2.24) is 9.80 Å². The van der Waals surface area contributed by atoms with Crippen LogP contribution in [0.4, 0.5) is 0 Å². The maximum absolute atomic E-state index is 12.1. The zero-order chi connectivity index (χ0) is 21.1. The van der Waals surface area contributed by atoms with Gasteiger partial charge in [0.05, 0.1) is 11.6 Å². The first-order chi connectivity index (χ1) is 13.9. The number of aryl methyl sites for hydroxylation is 3. The van der Waals surface area contributed by atoms with E-state index < -0.39 is 5.97 Å². The third-order valence-corrected chi connectivity index (χ3v) is 6.00. The van der Waals surface area contributed by atoms with Crippen molar-refractivity contribution in [3.63, 3.8) is 0 Å². The molecule has 1 unspecified atom stereocenters. The summed E-state index contributed by atoms with van der Waals surface area (Å²) in [6, 6.07) is 12.6. The Morgan fingerprint density at radius 2 is 1.76 bits per heavy atom. The van der Waals surface area contributed by atoms with Crippen molar-refractivity contribution in [2.24, 2.45) is 0 Å². The molecule has 0 amide bonds. The molecule has 0 saturated carbocycles. The van der Waals surface area contributed by atoms with Crippen molar-refractivity contribution in [3.8, 4) is 0 Å². The van der Waals surface area contributed by atoms with Crippen LogP contribution in [0.25, 0.3) is 5.57 Å². The summed E-state index contributed by atoms with van der Waals surface area (Å²) in [5, 5.41) is 9.96. The number of aliphatic carboxylic acids is 1. The van der Waals surface area contributed by atoms with Gasteiger partial charge in [-0.3, -0.25) is 0 Å². The van der Waals surface area contributed by atoms with Crippen LogP contribution < -0.4 is 0 Å². The minimum atomic E-state index is -0.868. The fourth-order valence-corrected chi connectivity index (χ4v) is 4.43. The van der Waals surface area contributed by atoms with E-state index in [0.29, 0.717) is 5.57 Å². The van der Waals surface area contributed by atoms with Gasteiger partial charge >= 0.3 is 5.97 Å². The van der Waals surface area contributed by atoms with E-state index in [1.165, 1.54) is 11.1 Å². The SMILES string of the molecule is CCN(CC)CCN1C=C(C(=O)O)c2cc(C)cc(C)c2C1c1ccccc1C. The van der Waals surface area contributed by atoms with Gasteiger partial charge < -0.3 is 14.9 Å². The molecular weight excluding hydrogens is 360 g/mol. The molecule has 0 aliphatic carbocycles. The van der Waals surface area contributed by atoms with E-state index in [9.17, 15) is 9.90 Å². The summed E-state index contributed by atoms with van der Waals surface area (Å²) in [6.45, 7) is 14.3. The number of carbonyl (C=O) groups is 1. The van der Waals surface area contributed by atoms with Crippen LogP contribution in [0.3, 0.4) is 0 Å². The lowest BCUT2D eigenvalue weighted by Crippen LogP contribution is -2.37. The van der Waals surface area contributed by atoms with Gasteiger partial charge in [0.25, 0.3) is 0 Å². The molecule has 2 aromatic rings. The van der Waals surface area contributed by atoms with Crippen LogP contribution in [0.1, 0.15) is 53.3 Å². The maximum Gasteiger partial charge on any atom is 0.337 e. The Labute approximate surface area is 174 Å². The van der Waals surface area contributed by atoms with Crippen LogP contribution >= 0.6 is 0 Å². The van der Waals surface area contributed by atoms with E-state index in [4.69, 9.17) is 0 Å². The molecule has 0 spiro atoms. The molecule has 0 aromatic heterocycles. The highest BCUT2D eigenvalue weighted by molar-refractivity contribution is 6.16. The Balaban J connectivity index is 2.18. The number of likely N-dealkylation sites (N-methyl/N-ethyl adjacent to an activating group) is 1. The lowest BCUT2D eigenvalue weighted by atomic mass is 9.82. The van der Waals surface area contributed by atoms with Crippen LogP contribution in [0, 0.1) is 20.8 Å². The van der Waals surface area contributed by atoms with Crippen LogP contribution in [0.2, 0.25) is 0 Å². The molecular formula is C25H32N2O2. The molecule has 4 heteroatoms. The highest BCUT2D eigenvalue weighted by Crippen LogP contribution is 2.42. The summed E-state index contributed by atoms with van der Waals surface area (Å²) in [7, 11) is 0. The van der Waals surface area contributed by atoms with Crippen LogP contribution in [-0.2, 0) is 4.79 Å². The predicted octanol–water partition coefficient (Wildman–Crippen LogP) is 4.78. The predicted molar refractivity (Wildman–Crippen MR) is 119 cm³/mol. The lowest BCUT2D eigenvalue weighted by Gasteiger charge is -2.39. The first kappa shape index (κ1) is 21.1. The molecule has 154 valence electrons. The Morgan fingerprint density at radius 3 is 2.38 bits per heavy atom. The molecule has 29 heavy (non-hydrogen) atoms. The van der Waals surface area contributed by atoms with E-state index in [2.05, 4.69) is 67.8 Å². The molecule has 0 fully saturated rings. The number of nitrogens with zero attached hydrogens (tertiary/aromatic N) is 2. The van der Waals surface area contributed by atoms with Crippen molar-refractivity contribution in [2.45, 2.75) is 40.7 Å². The second kappa shape index (κ2) is 8.83. The zero-order valence-corrected chi connectivity index (χ0v) is 18.2. The second-order valence-corrected chi connectivity index (χ2v) is 7.91. The monoisotopic (exact) mass is 392 g/mol. The molecule has 1 atom stereocenters. The Hall–Kier alpha value is -2.59. The number of carboxylic acids is 1. The number of benzene rings is 2. The minimum Gasteiger partial charge on any atom is -0.478 e. The molecule has 0 saturated heterocycles. The normalized spacial score (nSPS) is 16.0. The number of hydrogen-bond acceptors (Lipinski definition) is 3. The third-order valence-electron chi connectivity index (χ3n) is 6.00. The first-order valence-corrected chi connectivity index (χ1v) is 10.5. The van der Waals surface area contributed by atoms with Gasteiger partial charge in [-0.1, -0.05) is 55.8 Å². The fourth-order valence-electron chi connectivity index (χ4n) is 4.43. The van der Waals surface area contributed by atoms with Gasteiger partial charge in [0.15, 0.2) is 0 Å². The summed E-state index contributed by atoms with van der Waals surface area (Å²) in [4.78, 5) is 16.7. The Kier molecular flexibility index (Phi) is 6.43. The van der Waals surface area contributed by atoms with Gasteiger partial charge in [-0.25, -0.2) is 4.79 Å². The van der Waals surface area contributed by atoms with E-state index >= 15 is 0 Å². The van der Waals surface area contributed by atoms with Crippen molar-refractivity contribution < 1.29 is 9.90 Å². The lowest BCUT2D eigenvalue weighted by molar-refractivity contribution is -0.130. The molecule has 2 aromatic carbocycles. The van der Waals surface area contributed by atoms with Gasteiger partial charge in [-0.05, 0) is 61.7 Å². The van der Waals surface area contributed by atoms with Crippen LogP contribution in [0.5, 0.6) is 0 Å². The summed E-state index contributed by atoms with van der Waals surface area (Å²) >= 11 is 0. The number of fused-ring (bicyclic) bond motifs is 1. The molecule has 4 nitrogen and oxygen atoms in total. The van der Waals surface area contributed by atoms with Crippen molar-refractivity contribution in [2.75, 3.05) is 26.2 Å². The highest BCUT2D eigenvalue weighted by atomic mass is 16.4. The molecule has 0 bridgehead atoms. The summed E-state index contributed by atoms with van der Waals surface area (Å²) in [5.74, 6) is -0.868. The average molecular weight is 393 g/mol. The number of carboxylic acid groups (broad SMARTS) is 1. The van der Waals surface area contributed by atoms with E-state index in [-0.39, 0.29) is 6.04 Å². The summed E-state index contributed by atoms with van der Waals surface area (Å²) in [5.41, 5.74) is 7.05. The topological polar surface area (TPSA) is 43.8 Å². The van der Waals surface area contributed by atoms with Crippen LogP contribution in [-0.4, -0.2) is 47.1 Å². The minimum absolute atomic E-state index is 0.0189. The zero-order valence-electron chi connectivity index (χ0n) is 18.2. The van der Waals surface area contributed by atoms with Gasteiger partial charge in [-0.15, -0.1) is 0 Å². The highest BCUT2D eigenvalue weighted by Gasteiger charge is 2.33. The summed E-state index contributed by atoms with van der Waals surface area (Å²) in [6.07, 6.45) is 1.87. The largest absolute Gasteiger partial charge is 0.478 e. The number of rotatable bonds is 7. The van der Waals surface area contributed by atoms with E-state index in [1.807, 2.05) is 19.2 Å². The van der Waals surface area contributed by atoms with Gasteiger partial charge in [-0.2, -0.15) is 0 Å². The summed E-state index contributed by atoms with van der Waals surface area (Å²) < 4.78 is 0. The second-order valence-electron chi connectivity index (χ2n) is 7.91. The molecule has 1 aliphatic rings. The molecule has 1 heterocycles. The van der Waals surface area contributed by atoms with Crippen molar-refractivity contribution in [3.05, 3.63) is 76.0 Å². The molecule has 3 rings (SSSR count). The maximum atomic E-state index is 12.1. The van der Waals surface area contributed by atoms with Crippen LogP contribution in [0.15, 0.2) is 42.6 Å². The molecule has 1 N–H and O–H groups in total. The first-order valence-electron chi connectivity index (χ1n) is 10.5. The van der Waals surface area contributed by atoms with Gasteiger partial charge in [0.1, 0.15) is 0 Å². The standard InChI is InChI=1S/C25H32N2O2/c1-6-26(7-2)12-13-27-16-22(25(28)29)21-15-17(3)14-19(5)23(21)24(27)20-11-9-8-10-18(20)4/h8-11,14-16,24H,6-7,12-13H2,1-5H3,(H,28,29). The van der Waals surface area contributed by atoms with Gasteiger partial charge in [0.2, 0.25) is 0 Å². The van der Waals surface area contributed by atoms with Crippen molar-refractivity contribution >= 4 is 11.5 Å². The Morgan fingerprint density at radius 1 is 1.07 bits per heavy atom.